The predicted octanol–water partition coefficient (Wildman–Crippen LogP) is 6.30. The minimum atomic E-state index is 0.189. The molecule has 2 heterocycles. The van der Waals surface area contributed by atoms with Crippen molar-refractivity contribution in [1.29, 1.82) is 0 Å². The number of hydrogen-bond donors (Lipinski definition) is 1. The second kappa shape index (κ2) is 7.06. The van der Waals surface area contributed by atoms with Crippen LogP contribution in [0.5, 0.6) is 0 Å². The highest BCUT2D eigenvalue weighted by Crippen LogP contribution is 2.32. The Balaban J connectivity index is 1.67. The van der Waals surface area contributed by atoms with Crippen LogP contribution in [0.4, 0.5) is 6.01 Å². The van der Waals surface area contributed by atoms with Gasteiger partial charge in [-0.1, -0.05) is 48.9 Å². The molecule has 142 valence electrons. The van der Waals surface area contributed by atoms with E-state index < -0.39 is 0 Å². The molecule has 0 saturated heterocycles. The standard InChI is InChI=1S/C25H21N3O/c1-2-16-5-3-4-6-19(13-16)20-11-12-27-22-9-7-17(14-21(20)22)18-8-10-24-23(15-18)28-25(26)29-24/h3-4,6-15H,2,5H2,1H3,(H2,26,28). The third-order valence-corrected chi connectivity index (χ3v) is 5.40. The number of nitrogens with two attached hydrogens (primary N) is 1. The van der Waals surface area contributed by atoms with Gasteiger partial charge >= 0.3 is 0 Å². The maximum Gasteiger partial charge on any atom is 0.292 e. The van der Waals surface area contributed by atoms with Crippen LogP contribution in [-0.4, -0.2) is 9.97 Å². The lowest BCUT2D eigenvalue weighted by molar-refractivity contribution is 0.626. The smallest absolute Gasteiger partial charge is 0.292 e. The van der Waals surface area contributed by atoms with Gasteiger partial charge in [0.2, 0.25) is 0 Å². The highest BCUT2D eigenvalue weighted by molar-refractivity contribution is 5.97. The number of benzene rings is 2. The first-order chi connectivity index (χ1) is 14.2. The monoisotopic (exact) mass is 379 g/mol. The Morgan fingerprint density at radius 1 is 1.03 bits per heavy atom. The molecular formula is C25H21N3O. The molecule has 2 N–H and O–H groups in total. The summed E-state index contributed by atoms with van der Waals surface area (Å²) in [6.07, 6.45) is 12.8. The van der Waals surface area contributed by atoms with E-state index in [1.54, 1.807) is 0 Å². The van der Waals surface area contributed by atoms with Gasteiger partial charge < -0.3 is 10.2 Å². The average Bonchev–Trinajstić information content (AvgIpc) is 2.96. The molecule has 0 bridgehead atoms. The van der Waals surface area contributed by atoms with E-state index >= 15 is 0 Å². The molecule has 0 atom stereocenters. The van der Waals surface area contributed by atoms with E-state index in [4.69, 9.17) is 10.2 Å². The lowest BCUT2D eigenvalue weighted by Gasteiger charge is -2.10. The quantitative estimate of drug-likeness (QED) is 0.453. The van der Waals surface area contributed by atoms with Crippen LogP contribution in [0.3, 0.4) is 0 Å². The summed E-state index contributed by atoms with van der Waals surface area (Å²) in [4.78, 5) is 8.83. The van der Waals surface area contributed by atoms with Crippen molar-refractivity contribution in [1.82, 2.24) is 9.97 Å². The van der Waals surface area contributed by atoms with Gasteiger partial charge in [0.25, 0.3) is 6.01 Å². The van der Waals surface area contributed by atoms with Crippen molar-refractivity contribution in [2.75, 3.05) is 5.73 Å². The van der Waals surface area contributed by atoms with Crippen LogP contribution in [0, 0.1) is 0 Å². The molecule has 5 rings (SSSR count). The number of pyridine rings is 1. The molecule has 2 aromatic heterocycles. The van der Waals surface area contributed by atoms with E-state index in [1.165, 1.54) is 16.7 Å². The molecule has 4 heteroatoms. The Kier molecular flexibility index (Phi) is 4.24. The normalized spacial score (nSPS) is 14.1. The maximum absolute atomic E-state index is 5.69. The average molecular weight is 379 g/mol. The van der Waals surface area contributed by atoms with Crippen LogP contribution < -0.4 is 5.73 Å². The van der Waals surface area contributed by atoms with Crippen molar-refractivity contribution >= 4 is 33.6 Å². The van der Waals surface area contributed by atoms with E-state index in [2.05, 4.69) is 65.5 Å². The van der Waals surface area contributed by atoms with Crippen molar-refractivity contribution < 1.29 is 4.42 Å². The number of aromatic nitrogens is 2. The van der Waals surface area contributed by atoms with Gasteiger partial charge in [-0.05, 0) is 65.4 Å². The van der Waals surface area contributed by atoms with Crippen molar-refractivity contribution in [3.05, 3.63) is 84.1 Å². The zero-order chi connectivity index (χ0) is 19.8. The molecule has 0 amide bonds. The molecule has 2 aromatic carbocycles. The van der Waals surface area contributed by atoms with Crippen molar-refractivity contribution in [2.24, 2.45) is 0 Å². The number of rotatable bonds is 3. The van der Waals surface area contributed by atoms with Crippen molar-refractivity contribution in [3.8, 4) is 11.1 Å². The first-order valence-electron chi connectivity index (χ1n) is 9.83. The lowest BCUT2D eigenvalue weighted by atomic mass is 9.95. The Labute approximate surface area is 169 Å². The second-order valence-corrected chi connectivity index (χ2v) is 7.24. The number of allylic oxidation sites excluding steroid dienone is 6. The van der Waals surface area contributed by atoms with Crippen LogP contribution in [0.2, 0.25) is 0 Å². The van der Waals surface area contributed by atoms with Crippen LogP contribution >= 0.6 is 0 Å². The number of nitrogen functional groups attached to an aromatic ring is 1. The molecule has 0 aliphatic heterocycles. The van der Waals surface area contributed by atoms with E-state index in [0.29, 0.717) is 5.58 Å². The summed E-state index contributed by atoms with van der Waals surface area (Å²) < 4.78 is 5.40. The summed E-state index contributed by atoms with van der Waals surface area (Å²) in [5, 5.41) is 1.14. The Bertz CT molecular complexity index is 1320. The number of oxazole rings is 1. The van der Waals surface area contributed by atoms with Gasteiger partial charge in [0.15, 0.2) is 5.58 Å². The largest absolute Gasteiger partial charge is 0.424 e. The molecule has 4 aromatic rings. The minimum Gasteiger partial charge on any atom is -0.424 e. The molecule has 4 nitrogen and oxygen atoms in total. The number of fused-ring (bicyclic) bond motifs is 2. The summed E-state index contributed by atoms with van der Waals surface area (Å²) >= 11 is 0. The number of anilines is 1. The van der Waals surface area contributed by atoms with Crippen LogP contribution in [-0.2, 0) is 0 Å². The molecule has 0 radical (unpaired) electrons. The maximum atomic E-state index is 5.69. The molecule has 29 heavy (non-hydrogen) atoms. The lowest BCUT2D eigenvalue weighted by Crippen LogP contribution is -1.89. The SMILES string of the molecule is CCC1=CC(c2ccnc3ccc(-c4ccc5oc(N)nc5c4)cc23)=CC=CC1. The van der Waals surface area contributed by atoms with Crippen LogP contribution in [0.1, 0.15) is 25.3 Å². The molecule has 0 saturated carbocycles. The summed E-state index contributed by atoms with van der Waals surface area (Å²) in [7, 11) is 0. The van der Waals surface area contributed by atoms with Gasteiger partial charge in [-0.2, -0.15) is 4.98 Å². The van der Waals surface area contributed by atoms with Crippen LogP contribution in [0.15, 0.2) is 83.0 Å². The fraction of sp³-hybridized carbons (Fsp3) is 0.120. The minimum absolute atomic E-state index is 0.189. The zero-order valence-corrected chi connectivity index (χ0v) is 16.2. The van der Waals surface area contributed by atoms with Gasteiger partial charge in [-0.3, -0.25) is 4.98 Å². The second-order valence-electron chi connectivity index (χ2n) is 7.24. The third kappa shape index (κ3) is 3.23. The first kappa shape index (κ1) is 17.4. The summed E-state index contributed by atoms with van der Waals surface area (Å²) in [5.41, 5.74) is 14.2. The van der Waals surface area contributed by atoms with Gasteiger partial charge in [0.05, 0.1) is 5.52 Å². The van der Waals surface area contributed by atoms with E-state index in [0.717, 1.165) is 40.4 Å². The number of hydrogen-bond acceptors (Lipinski definition) is 4. The third-order valence-electron chi connectivity index (χ3n) is 5.40. The fourth-order valence-electron chi connectivity index (χ4n) is 3.83. The number of nitrogens with zero attached hydrogens (tertiary/aromatic N) is 2. The molecule has 0 unspecified atom stereocenters. The van der Waals surface area contributed by atoms with E-state index in [9.17, 15) is 0 Å². The fourth-order valence-corrected chi connectivity index (χ4v) is 3.83. The first-order valence-corrected chi connectivity index (χ1v) is 9.83. The predicted molar refractivity (Wildman–Crippen MR) is 119 cm³/mol. The topological polar surface area (TPSA) is 64.9 Å². The Morgan fingerprint density at radius 2 is 1.90 bits per heavy atom. The molecule has 1 aliphatic carbocycles. The van der Waals surface area contributed by atoms with Gasteiger partial charge in [-0.15, -0.1) is 0 Å². The Hall–Kier alpha value is -3.66. The van der Waals surface area contributed by atoms with Gasteiger partial charge in [0, 0.05) is 11.6 Å². The summed E-state index contributed by atoms with van der Waals surface area (Å²) in [6, 6.07) is 14.6. The van der Waals surface area contributed by atoms with Gasteiger partial charge in [0.1, 0.15) is 5.52 Å². The zero-order valence-electron chi connectivity index (χ0n) is 16.2. The van der Waals surface area contributed by atoms with Crippen LogP contribution in [0.25, 0.3) is 38.7 Å². The highest BCUT2D eigenvalue weighted by Gasteiger charge is 2.11. The highest BCUT2D eigenvalue weighted by atomic mass is 16.4. The van der Waals surface area contributed by atoms with Crippen molar-refractivity contribution in [2.45, 2.75) is 19.8 Å². The molecule has 0 fully saturated rings. The van der Waals surface area contributed by atoms with Gasteiger partial charge in [-0.25, -0.2) is 0 Å². The molecule has 0 spiro atoms. The molecule has 1 aliphatic rings. The van der Waals surface area contributed by atoms with E-state index in [-0.39, 0.29) is 6.01 Å². The molecular weight excluding hydrogens is 358 g/mol. The van der Waals surface area contributed by atoms with Crippen molar-refractivity contribution in [3.63, 3.8) is 0 Å². The summed E-state index contributed by atoms with van der Waals surface area (Å²) in [6.45, 7) is 2.21. The van der Waals surface area contributed by atoms with E-state index in [1.807, 2.05) is 24.4 Å². The Morgan fingerprint density at radius 3 is 2.79 bits per heavy atom. The summed E-state index contributed by atoms with van der Waals surface area (Å²) in [5.74, 6) is 0.